The van der Waals surface area contributed by atoms with E-state index >= 15 is 0 Å². The largest absolute Gasteiger partial charge is 0.330 e. The Morgan fingerprint density at radius 2 is 2.17 bits per heavy atom. The van der Waals surface area contributed by atoms with Crippen LogP contribution in [0.4, 0.5) is 4.39 Å². The van der Waals surface area contributed by atoms with Gasteiger partial charge in [-0.05, 0) is 53.2 Å². The van der Waals surface area contributed by atoms with E-state index in [-0.39, 0.29) is 5.82 Å². The molecule has 1 aromatic heterocycles. The first kappa shape index (κ1) is 13.2. The zero-order chi connectivity index (χ0) is 13.3. The number of nitrogens with zero attached hydrogens (tertiary/aromatic N) is 2. The fourth-order valence-corrected chi connectivity index (χ4v) is 2.37. The van der Waals surface area contributed by atoms with E-state index in [9.17, 15) is 4.39 Å². The van der Waals surface area contributed by atoms with Gasteiger partial charge in [-0.3, -0.25) is 0 Å². The molecule has 0 saturated carbocycles. The molecule has 0 unspecified atom stereocenters. The van der Waals surface area contributed by atoms with Crippen LogP contribution < -0.4 is 5.73 Å². The second-order valence-corrected chi connectivity index (χ2v) is 4.98. The van der Waals surface area contributed by atoms with Gasteiger partial charge in [-0.1, -0.05) is 0 Å². The van der Waals surface area contributed by atoms with Crippen LogP contribution in [0.5, 0.6) is 0 Å². The van der Waals surface area contributed by atoms with Crippen LogP contribution in [0.3, 0.4) is 0 Å². The van der Waals surface area contributed by atoms with E-state index in [1.54, 1.807) is 19.1 Å². The average Bonchev–Trinajstić information content (AvgIpc) is 2.62. The summed E-state index contributed by atoms with van der Waals surface area (Å²) in [6, 6.07) is 5.00. The van der Waals surface area contributed by atoms with E-state index in [0.717, 1.165) is 28.1 Å². The highest BCUT2D eigenvalue weighted by Crippen LogP contribution is 2.29. The first-order valence-electron chi connectivity index (χ1n) is 5.72. The molecule has 1 heterocycles. The molecule has 0 aliphatic carbocycles. The van der Waals surface area contributed by atoms with Gasteiger partial charge < -0.3 is 10.3 Å². The second kappa shape index (κ2) is 5.20. The normalized spacial score (nSPS) is 10.9. The molecule has 0 aliphatic rings. The van der Waals surface area contributed by atoms with Gasteiger partial charge in [0, 0.05) is 19.0 Å². The van der Waals surface area contributed by atoms with Crippen molar-refractivity contribution < 1.29 is 4.39 Å². The van der Waals surface area contributed by atoms with E-state index < -0.39 is 0 Å². The van der Waals surface area contributed by atoms with E-state index in [2.05, 4.69) is 20.9 Å². The minimum absolute atomic E-state index is 0.201. The molecule has 18 heavy (non-hydrogen) atoms. The number of hydrogen-bond acceptors (Lipinski definition) is 2. The van der Waals surface area contributed by atoms with Gasteiger partial charge in [0.2, 0.25) is 0 Å². The van der Waals surface area contributed by atoms with Gasteiger partial charge >= 0.3 is 0 Å². The van der Waals surface area contributed by atoms with Crippen LogP contribution in [0, 0.1) is 12.7 Å². The summed E-state index contributed by atoms with van der Waals surface area (Å²) in [7, 11) is 1.93. The molecule has 0 fully saturated rings. The van der Waals surface area contributed by atoms with Crippen molar-refractivity contribution in [1.29, 1.82) is 0 Å². The van der Waals surface area contributed by atoms with Crippen LogP contribution in [-0.2, 0) is 13.5 Å². The van der Waals surface area contributed by atoms with E-state index in [1.807, 2.05) is 11.6 Å². The summed E-state index contributed by atoms with van der Waals surface area (Å²) in [6.07, 6.45) is 0.718. The number of imidazole rings is 1. The molecular weight excluding hydrogens is 297 g/mol. The molecular formula is C13H15BrFN3. The Morgan fingerprint density at radius 3 is 2.78 bits per heavy atom. The molecule has 3 nitrogen and oxygen atoms in total. The topological polar surface area (TPSA) is 43.8 Å². The third-order valence-electron chi connectivity index (χ3n) is 2.92. The van der Waals surface area contributed by atoms with Gasteiger partial charge in [-0.2, -0.15) is 0 Å². The summed E-state index contributed by atoms with van der Waals surface area (Å²) in [5.41, 5.74) is 7.89. The van der Waals surface area contributed by atoms with E-state index in [4.69, 9.17) is 5.73 Å². The summed E-state index contributed by atoms with van der Waals surface area (Å²) in [5, 5.41) is 0. The molecule has 0 atom stereocenters. The Bertz CT molecular complexity index is 578. The summed E-state index contributed by atoms with van der Waals surface area (Å²) < 4.78 is 16.1. The lowest BCUT2D eigenvalue weighted by Crippen LogP contribution is -2.07. The van der Waals surface area contributed by atoms with E-state index in [0.29, 0.717) is 12.1 Å². The molecule has 96 valence electrons. The lowest BCUT2D eigenvalue weighted by molar-refractivity contribution is 0.619. The predicted octanol–water partition coefficient (Wildman–Crippen LogP) is 2.80. The number of halogens is 2. The maximum atomic E-state index is 13.3. The number of rotatable bonds is 3. The van der Waals surface area contributed by atoms with Gasteiger partial charge in [0.15, 0.2) is 0 Å². The van der Waals surface area contributed by atoms with Crippen molar-refractivity contribution in [3.63, 3.8) is 0 Å². The first-order chi connectivity index (χ1) is 8.54. The highest BCUT2D eigenvalue weighted by atomic mass is 79.9. The summed E-state index contributed by atoms with van der Waals surface area (Å²) in [5.74, 6) is 0.717. The Morgan fingerprint density at radius 1 is 1.44 bits per heavy atom. The van der Waals surface area contributed by atoms with Crippen LogP contribution in [0.25, 0.3) is 11.3 Å². The second-order valence-electron chi connectivity index (χ2n) is 4.23. The predicted molar refractivity (Wildman–Crippen MR) is 73.8 cm³/mol. The Kier molecular flexibility index (Phi) is 3.82. The molecule has 2 aromatic rings. The molecule has 0 bridgehead atoms. The van der Waals surface area contributed by atoms with Crippen molar-refractivity contribution in [1.82, 2.24) is 9.55 Å². The Hall–Kier alpha value is -1.20. The summed E-state index contributed by atoms with van der Waals surface area (Å²) in [6.45, 7) is 2.30. The fourth-order valence-electron chi connectivity index (χ4n) is 1.85. The summed E-state index contributed by atoms with van der Waals surface area (Å²) >= 11 is 3.52. The summed E-state index contributed by atoms with van der Waals surface area (Å²) in [4.78, 5) is 4.55. The monoisotopic (exact) mass is 311 g/mol. The minimum Gasteiger partial charge on any atom is -0.330 e. The number of aromatic nitrogens is 2. The highest BCUT2D eigenvalue weighted by Gasteiger charge is 2.14. The Labute approximate surface area is 114 Å². The molecule has 0 saturated heterocycles. The van der Waals surface area contributed by atoms with Gasteiger partial charge in [0.25, 0.3) is 0 Å². The van der Waals surface area contributed by atoms with Crippen LogP contribution in [0.1, 0.15) is 11.4 Å². The fraction of sp³-hybridized carbons (Fsp3) is 0.308. The van der Waals surface area contributed by atoms with Crippen LogP contribution in [-0.4, -0.2) is 16.1 Å². The standard InChI is InChI=1S/C13H15BrFN3/c1-8-7-9(3-4-10(8)15)12-13(14)18(2)11(17-12)5-6-16/h3-4,7H,5-6,16H2,1-2H3. The zero-order valence-electron chi connectivity index (χ0n) is 10.4. The van der Waals surface area contributed by atoms with Crippen LogP contribution in [0.15, 0.2) is 22.8 Å². The number of benzene rings is 1. The lowest BCUT2D eigenvalue weighted by atomic mass is 10.1. The maximum absolute atomic E-state index is 13.3. The van der Waals surface area contributed by atoms with Crippen LogP contribution >= 0.6 is 15.9 Å². The Balaban J connectivity index is 2.50. The minimum atomic E-state index is -0.201. The average molecular weight is 312 g/mol. The molecule has 1 aromatic carbocycles. The number of nitrogens with two attached hydrogens (primary N) is 1. The van der Waals surface area contributed by atoms with Crippen molar-refractivity contribution in [2.45, 2.75) is 13.3 Å². The van der Waals surface area contributed by atoms with Crippen LogP contribution in [0.2, 0.25) is 0 Å². The third kappa shape index (κ3) is 2.33. The van der Waals surface area contributed by atoms with Gasteiger partial charge in [0.1, 0.15) is 21.9 Å². The quantitative estimate of drug-likeness (QED) is 0.947. The molecule has 2 N–H and O–H groups in total. The van der Waals surface area contributed by atoms with Crippen molar-refractivity contribution in [2.24, 2.45) is 12.8 Å². The third-order valence-corrected chi connectivity index (χ3v) is 3.82. The molecule has 2 rings (SSSR count). The van der Waals surface area contributed by atoms with Crippen molar-refractivity contribution in [3.8, 4) is 11.3 Å². The van der Waals surface area contributed by atoms with Crippen molar-refractivity contribution in [2.75, 3.05) is 6.54 Å². The first-order valence-corrected chi connectivity index (χ1v) is 6.51. The smallest absolute Gasteiger partial charge is 0.126 e. The molecule has 0 spiro atoms. The lowest BCUT2D eigenvalue weighted by Gasteiger charge is -2.02. The molecule has 0 amide bonds. The van der Waals surface area contributed by atoms with Crippen molar-refractivity contribution >= 4 is 15.9 Å². The molecule has 0 radical (unpaired) electrons. The zero-order valence-corrected chi connectivity index (χ0v) is 12.0. The van der Waals surface area contributed by atoms with Gasteiger partial charge in [-0.15, -0.1) is 0 Å². The van der Waals surface area contributed by atoms with Gasteiger partial charge in [-0.25, -0.2) is 9.37 Å². The van der Waals surface area contributed by atoms with Gasteiger partial charge in [0.05, 0.1) is 0 Å². The number of hydrogen-bond donors (Lipinski definition) is 1. The maximum Gasteiger partial charge on any atom is 0.126 e. The SMILES string of the molecule is Cc1cc(-c2nc(CCN)n(C)c2Br)ccc1F. The molecule has 0 aliphatic heterocycles. The highest BCUT2D eigenvalue weighted by molar-refractivity contribution is 9.10. The van der Waals surface area contributed by atoms with Crippen molar-refractivity contribution in [3.05, 3.63) is 40.0 Å². The molecule has 5 heteroatoms. The number of aryl methyl sites for hydroxylation is 1. The van der Waals surface area contributed by atoms with E-state index in [1.165, 1.54) is 6.07 Å².